The molecule has 0 amide bonds. The zero-order chi connectivity index (χ0) is 21.3. The molecule has 10 nitrogen and oxygen atoms in total. The Hall–Kier alpha value is -3.73. The number of ether oxygens (including phenoxy) is 3. The van der Waals surface area contributed by atoms with Gasteiger partial charge in [-0.25, -0.2) is 17.9 Å². The van der Waals surface area contributed by atoms with Gasteiger partial charge in [-0.15, -0.1) is 5.10 Å². The molecule has 0 bridgehead atoms. The molecule has 0 aliphatic rings. The molecule has 4 rings (SSSR count). The van der Waals surface area contributed by atoms with Crippen LogP contribution in [0.5, 0.6) is 17.2 Å². The molecule has 11 heteroatoms. The molecule has 0 aliphatic carbocycles. The first kappa shape index (κ1) is 19.6. The number of methoxy groups -OCH3 is 3. The van der Waals surface area contributed by atoms with E-state index in [1.165, 1.54) is 44.4 Å². The Labute approximate surface area is 172 Å². The van der Waals surface area contributed by atoms with Crippen molar-refractivity contribution in [2.24, 2.45) is 0 Å². The summed E-state index contributed by atoms with van der Waals surface area (Å²) in [4.78, 5) is 4.51. The summed E-state index contributed by atoms with van der Waals surface area (Å²) in [7, 11) is 0.810. The quantitative estimate of drug-likeness (QED) is 0.476. The number of fused-ring (bicyclic) bond motifs is 1. The molecule has 0 spiro atoms. The fourth-order valence-corrected chi connectivity index (χ4v) is 3.86. The predicted molar refractivity (Wildman–Crippen MR) is 108 cm³/mol. The van der Waals surface area contributed by atoms with Crippen LogP contribution in [0.4, 0.5) is 5.69 Å². The third-order valence-electron chi connectivity index (χ3n) is 4.31. The number of aromatic nitrogens is 3. The summed E-state index contributed by atoms with van der Waals surface area (Å²) < 4.78 is 49.6. The van der Waals surface area contributed by atoms with Gasteiger partial charge in [0.25, 0.3) is 10.0 Å². The van der Waals surface area contributed by atoms with Crippen LogP contribution in [0.1, 0.15) is 0 Å². The lowest BCUT2D eigenvalue weighted by Crippen LogP contribution is -2.12. The fraction of sp³-hybridized carbons (Fsp3) is 0.158. The zero-order valence-electron chi connectivity index (χ0n) is 16.3. The van der Waals surface area contributed by atoms with Gasteiger partial charge >= 0.3 is 0 Å². The zero-order valence-corrected chi connectivity index (χ0v) is 17.1. The van der Waals surface area contributed by atoms with E-state index in [9.17, 15) is 8.42 Å². The molecular formula is C19H18N4O6S. The maximum atomic E-state index is 12.4. The molecule has 0 radical (unpaired) electrons. The third kappa shape index (κ3) is 3.50. The molecule has 0 saturated heterocycles. The molecule has 0 saturated carbocycles. The van der Waals surface area contributed by atoms with E-state index in [0.29, 0.717) is 40.0 Å². The number of hydrogen-bond donors (Lipinski definition) is 1. The number of nitrogens with one attached hydrogen (secondary N) is 1. The number of pyridine rings is 1. The highest BCUT2D eigenvalue weighted by Crippen LogP contribution is 2.40. The van der Waals surface area contributed by atoms with Crippen molar-refractivity contribution in [3.8, 4) is 28.6 Å². The largest absolute Gasteiger partial charge is 0.493 e. The van der Waals surface area contributed by atoms with E-state index in [4.69, 9.17) is 18.6 Å². The monoisotopic (exact) mass is 430 g/mol. The smallest absolute Gasteiger partial charge is 0.265 e. The molecule has 1 aromatic carbocycles. The van der Waals surface area contributed by atoms with Gasteiger partial charge in [0.1, 0.15) is 11.2 Å². The Morgan fingerprint density at radius 3 is 2.37 bits per heavy atom. The SMILES string of the molecule is COc1cc(-c2nc3ccc(NS(=O)(=O)c4ccoc4)cn3n2)cc(OC)c1OC. The second kappa shape index (κ2) is 7.59. The van der Waals surface area contributed by atoms with Crippen LogP contribution < -0.4 is 18.9 Å². The Bertz CT molecular complexity index is 1270. The van der Waals surface area contributed by atoms with Crippen molar-refractivity contribution in [1.82, 2.24) is 14.6 Å². The normalized spacial score (nSPS) is 11.4. The van der Waals surface area contributed by atoms with Gasteiger partial charge in [0, 0.05) is 5.56 Å². The third-order valence-corrected chi connectivity index (χ3v) is 5.67. The van der Waals surface area contributed by atoms with Crippen LogP contribution in [-0.4, -0.2) is 44.3 Å². The van der Waals surface area contributed by atoms with Gasteiger partial charge in [0.2, 0.25) is 5.75 Å². The van der Waals surface area contributed by atoms with E-state index in [-0.39, 0.29) is 4.90 Å². The molecule has 3 aromatic heterocycles. The van der Waals surface area contributed by atoms with Crippen LogP contribution in [0.25, 0.3) is 17.0 Å². The molecule has 1 N–H and O–H groups in total. The number of nitrogens with zero attached hydrogens (tertiary/aromatic N) is 3. The maximum absolute atomic E-state index is 12.4. The molecule has 30 heavy (non-hydrogen) atoms. The molecule has 0 aliphatic heterocycles. The highest BCUT2D eigenvalue weighted by molar-refractivity contribution is 7.92. The van der Waals surface area contributed by atoms with E-state index < -0.39 is 10.0 Å². The lowest BCUT2D eigenvalue weighted by molar-refractivity contribution is 0.324. The molecular weight excluding hydrogens is 412 g/mol. The minimum Gasteiger partial charge on any atom is -0.493 e. The summed E-state index contributed by atoms with van der Waals surface area (Å²) in [5, 5.41) is 4.44. The van der Waals surface area contributed by atoms with Crippen molar-refractivity contribution in [3.63, 3.8) is 0 Å². The summed E-state index contributed by atoms with van der Waals surface area (Å²) in [6.45, 7) is 0. The van der Waals surface area contributed by atoms with Crippen LogP contribution in [0.15, 0.2) is 58.4 Å². The number of furan rings is 1. The van der Waals surface area contributed by atoms with Gasteiger partial charge in [-0.05, 0) is 30.3 Å². The van der Waals surface area contributed by atoms with Crippen molar-refractivity contribution in [1.29, 1.82) is 0 Å². The second-order valence-electron chi connectivity index (χ2n) is 6.13. The van der Waals surface area contributed by atoms with Crippen LogP contribution in [-0.2, 0) is 10.0 Å². The fourth-order valence-electron chi connectivity index (χ4n) is 2.89. The highest BCUT2D eigenvalue weighted by Gasteiger charge is 2.18. The minimum atomic E-state index is -3.76. The summed E-state index contributed by atoms with van der Waals surface area (Å²) in [5.41, 5.74) is 1.50. The van der Waals surface area contributed by atoms with E-state index >= 15 is 0 Å². The van der Waals surface area contributed by atoms with Gasteiger partial charge in [-0.1, -0.05) is 0 Å². The van der Waals surface area contributed by atoms with Crippen molar-refractivity contribution in [3.05, 3.63) is 49.1 Å². The van der Waals surface area contributed by atoms with Gasteiger partial charge in [0.15, 0.2) is 23.0 Å². The number of anilines is 1. The van der Waals surface area contributed by atoms with Gasteiger partial charge < -0.3 is 18.6 Å². The molecule has 0 unspecified atom stereocenters. The van der Waals surface area contributed by atoms with E-state index in [0.717, 1.165) is 6.26 Å². The summed E-state index contributed by atoms with van der Waals surface area (Å²) >= 11 is 0. The first-order valence-corrected chi connectivity index (χ1v) is 10.2. The number of hydrogen-bond acceptors (Lipinski definition) is 8. The van der Waals surface area contributed by atoms with Gasteiger partial charge in [-0.3, -0.25) is 4.72 Å². The lowest BCUT2D eigenvalue weighted by atomic mass is 10.1. The standard InChI is InChI=1S/C19H18N4O6S/c1-26-15-8-12(9-16(27-2)18(15)28-3)19-20-17-5-4-13(10-23(17)21-19)22-30(24,25)14-6-7-29-11-14/h4-11,22H,1-3H3. The predicted octanol–water partition coefficient (Wildman–Crippen LogP) is 2.82. The highest BCUT2D eigenvalue weighted by atomic mass is 32.2. The topological polar surface area (TPSA) is 117 Å². The first-order valence-electron chi connectivity index (χ1n) is 8.67. The molecule has 0 atom stereocenters. The minimum absolute atomic E-state index is 0.0271. The van der Waals surface area contributed by atoms with Crippen LogP contribution in [0.2, 0.25) is 0 Å². The molecule has 0 fully saturated rings. The Morgan fingerprint density at radius 1 is 1.03 bits per heavy atom. The number of sulfonamides is 1. The van der Waals surface area contributed by atoms with Crippen LogP contribution >= 0.6 is 0 Å². The summed E-state index contributed by atoms with van der Waals surface area (Å²) in [6.07, 6.45) is 3.97. The molecule has 4 aromatic rings. The second-order valence-corrected chi connectivity index (χ2v) is 7.82. The van der Waals surface area contributed by atoms with Crippen molar-refractivity contribution in [2.45, 2.75) is 4.90 Å². The average molecular weight is 430 g/mol. The van der Waals surface area contributed by atoms with Gasteiger partial charge in [-0.2, -0.15) is 0 Å². The average Bonchev–Trinajstić information content (AvgIpc) is 3.42. The van der Waals surface area contributed by atoms with Crippen molar-refractivity contribution < 1.29 is 27.0 Å². The van der Waals surface area contributed by atoms with Crippen LogP contribution in [0.3, 0.4) is 0 Å². The van der Waals surface area contributed by atoms with Crippen molar-refractivity contribution >= 4 is 21.4 Å². The Kier molecular flexibility index (Phi) is 4.96. The Balaban J connectivity index is 1.71. The van der Waals surface area contributed by atoms with Gasteiger partial charge in [0.05, 0.1) is 39.5 Å². The number of benzene rings is 1. The van der Waals surface area contributed by atoms with Crippen LogP contribution in [0, 0.1) is 0 Å². The first-order chi connectivity index (χ1) is 14.4. The number of rotatable bonds is 7. The summed E-state index contributed by atoms with van der Waals surface area (Å²) in [6, 6.07) is 8.08. The molecule has 156 valence electrons. The lowest BCUT2D eigenvalue weighted by Gasteiger charge is -2.12. The Morgan fingerprint density at radius 2 is 1.77 bits per heavy atom. The molecule has 3 heterocycles. The van der Waals surface area contributed by atoms with E-state index in [1.54, 1.807) is 24.3 Å². The summed E-state index contributed by atoms with van der Waals surface area (Å²) in [5.74, 6) is 1.81. The van der Waals surface area contributed by atoms with Crippen molar-refractivity contribution in [2.75, 3.05) is 26.1 Å². The van der Waals surface area contributed by atoms with E-state index in [1.807, 2.05) is 0 Å². The van der Waals surface area contributed by atoms with E-state index in [2.05, 4.69) is 14.8 Å². The maximum Gasteiger partial charge on any atom is 0.265 e.